The van der Waals surface area contributed by atoms with Gasteiger partial charge in [0.25, 0.3) is 0 Å². The third-order valence-electron chi connectivity index (χ3n) is 1.73. The number of hydrogen-bond donors (Lipinski definition) is 2. The van der Waals surface area contributed by atoms with Gasteiger partial charge in [0.15, 0.2) is 6.29 Å². The molecule has 2 N–H and O–H groups in total. The van der Waals surface area contributed by atoms with Crippen LogP contribution in [0.1, 0.15) is 13.8 Å². The van der Waals surface area contributed by atoms with Crippen LogP contribution in [0.3, 0.4) is 0 Å². The molecule has 0 radical (unpaired) electrons. The van der Waals surface area contributed by atoms with Crippen molar-refractivity contribution >= 4 is 6.03 Å². The summed E-state index contributed by atoms with van der Waals surface area (Å²) >= 11 is 0. The van der Waals surface area contributed by atoms with Crippen molar-refractivity contribution in [1.29, 1.82) is 0 Å². The third-order valence-corrected chi connectivity index (χ3v) is 1.73. The fourth-order valence-electron chi connectivity index (χ4n) is 1.04. The lowest BCUT2D eigenvalue weighted by Crippen LogP contribution is -2.42. The highest BCUT2D eigenvalue weighted by Crippen LogP contribution is 1.92. The number of rotatable bonds is 9. The van der Waals surface area contributed by atoms with Crippen LogP contribution in [0.4, 0.5) is 4.79 Å². The van der Waals surface area contributed by atoms with Gasteiger partial charge in [-0.15, -0.1) is 0 Å². The van der Waals surface area contributed by atoms with Crippen LogP contribution in [0.2, 0.25) is 0 Å². The summed E-state index contributed by atoms with van der Waals surface area (Å²) < 4.78 is 15.3. The highest BCUT2D eigenvalue weighted by atomic mass is 16.7. The van der Waals surface area contributed by atoms with Gasteiger partial charge in [0.2, 0.25) is 0 Å². The first kappa shape index (κ1) is 15.2. The summed E-state index contributed by atoms with van der Waals surface area (Å²) in [5.41, 5.74) is 0. The zero-order valence-corrected chi connectivity index (χ0v) is 10.2. The van der Waals surface area contributed by atoms with Crippen LogP contribution >= 0.6 is 0 Å². The topological polar surface area (TPSA) is 68.8 Å². The number of nitrogens with one attached hydrogen (secondary N) is 2. The molecule has 6 nitrogen and oxygen atoms in total. The molecule has 6 heteroatoms. The molecule has 2 amide bonds. The van der Waals surface area contributed by atoms with E-state index >= 15 is 0 Å². The average molecular weight is 234 g/mol. The van der Waals surface area contributed by atoms with Gasteiger partial charge in [-0.1, -0.05) is 0 Å². The highest BCUT2D eigenvalue weighted by Gasteiger charge is 2.09. The van der Waals surface area contributed by atoms with Crippen LogP contribution in [-0.4, -0.2) is 52.3 Å². The molecule has 16 heavy (non-hydrogen) atoms. The van der Waals surface area contributed by atoms with Crippen molar-refractivity contribution in [1.82, 2.24) is 10.6 Å². The molecular formula is C10H22N2O4. The minimum Gasteiger partial charge on any atom is -0.383 e. The Labute approximate surface area is 96.6 Å². The molecule has 0 bridgehead atoms. The summed E-state index contributed by atoms with van der Waals surface area (Å²) in [5.74, 6) is 0. The predicted octanol–water partition coefficient (Wildman–Crippen LogP) is 0.331. The highest BCUT2D eigenvalue weighted by molar-refractivity contribution is 5.73. The predicted molar refractivity (Wildman–Crippen MR) is 60.3 cm³/mol. The molecule has 0 fully saturated rings. The fraction of sp³-hybridized carbons (Fsp3) is 0.900. The number of hydrogen-bond acceptors (Lipinski definition) is 4. The van der Waals surface area contributed by atoms with Crippen LogP contribution in [0.5, 0.6) is 0 Å². The number of methoxy groups -OCH3 is 1. The number of urea groups is 1. The second-order valence-electron chi connectivity index (χ2n) is 2.97. The molecule has 0 aliphatic heterocycles. The van der Waals surface area contributed by atoms with Gasteiger partial charge in [0, 0.05) is 26.9 Å². The van der Waals surface area contributed by atoms with Crippen LogP contribution in [0.15, 0.2) is 0 Å². The van der Waals surface area contributed by atoms with E-state index in [0.29, 0.717) is 32.9 Å². The van der Waals surface area contributed by atoms with Gasteiger partial charge < -0.3 is 24.8 Å². The molecular weight excluding hydrogens is 212 g/mol. The van der Waals surface area contributed by atoms with Gasteiger partial charge in [-0.25, -0.2) is 4.79 Å². The molecule has 0 aromatic rings. The Balaban J connectivity index is 3.60. The van der Waals surface area contributed by atoms with Crippen LogP contribution in [0.25, 0.3) is 0 Å². The monoisotopic (exact) mass is 234 g/mol. The maximum atomic E-state index is 11.2. The van der Waals surface area contributed by atoms with Crippen molar-refractivity contribution in [2.45, 2.75) is 20.1 Å². The van der Waals surface area contributed by atoms with Crippen molar-refractivity contribution in [3.8, 4) is 0 Å². The lowest BCUT2D eigenvalue weighted by Gasteiger charge is -2.17. The van der Waals surface area contributed by atoms with E-state index in [0.717, 1.165) is 0 Å². The standard InChI is InChI=1S/C10H22N2O4/c1-4-15-9(16-5-2)8-12-10(13)11-6-7-14-3/h9H,4-8H2,1-3H3,(H2,11,12,13). The molecule has 0 spiro atoms. The first-order valence-electron chi connectivity index (χ1n) is 5.48. The summed E-state index contributed by atoms with van der Waals surface area (Å²) in [6, 6.07) is -0.249. The second kappa shape index (κ2) is 10.7. The largest absolute Gasteiger partial charge is 0.383 e. The molecule has 0 atom stereocenters. The van der Waals surface area contributed by atoms with E-state index < -0.39 is 0 Å². The molecule has 0 saturated heterocycles. The van der Waals surface area contributed by atoms with Crippen molar-refractivity contribution < 1.29 is 19.0 Å². The van der Waals surface area contributed by atoms with E-state index in [1.165, 1.54) is 0 Å². The van der Waals surface area contributed by atoms with Gasteiger partial charge in [-0.3, -0.25) is 0 Å². The molecule has 0 heterocycles. The van der Waals surface area contributed by atoms with Gasteiger partial charge in [-0.2, -0.15) is 0 Å². The quantitative estimate of drug-likeness (QED) is 0.445. The number of amides is 2. The van der Waals surface area contributed by atoms with E-state index in [-0.39, 0.29) is 12.3 Å². The van der Waals surface area contributed by atoms with E-state index in [2.05, 4.69) is 10.6 Å². The molecule has 0 unspecified atom stereocenters. The Morgan fingerprint density at radius 1 is 1.19 bits per heavy atom. The van der Waals surface area contributed by atoms with Crippen LogP contribution in [-0.2, 0) is 14.2 Å². The summed E-state index contributed by atoms with van der Waals surface area (Å²) in [5, 5.41) is 5.29. The third kappa shape index (κ3) is 8.46. The number of ether oxygens (including phenoxy) is 3. The molecule has 0 aliphatic carbocycles. The maximum absolute atomic E-state index is 11.2. The minimum absolute atomic E-state index is 0.249. The van der Waals surface area contributed by atoms with E-state index in [1.54, 1.807) is 7.11 Å². The van der Waals surface area contributed by atoms with Crippen molar-refractivity contribution in [2.24, 2.45) is 0 Å². The maximum Gasteiger partial charge on any atom is 0.315 e. The summed E-state index contributed by atoms with van der Waals surface area (Å²) in [4.78, 5) is 11.2. The van der Waals surface area contributed by atoms with Gasteiger partial charge in [-0.05, 0) is 13.8 Å². The van der Waals surface area contributed by atoms with Crippen molar-refractivity contribution in [3.63, 3.8) is 0 Å². The zero-order chi connectivity index (χ0) is 12.2. The van der Waals surface area contributed by atoms with Gasteiger partial charge >= 0.3 is 6.03 Å². The van der Waals surface area contributed by atoms with Crippen molar-refractivity contribution in [3.05, 3.63) is 0 Å². The average Bonchev–Trinajstić information content (AvgIpc) is 2.27. The lowest BCUT2D eigenvalue weighted by molar-refractivity contribution is -0.131. The van der Waals surface area contributed by atoms with E-state index in [9.17, 15) is 4.79 Å². The van der Waals surface area contributed by atoms with Crippen LogP contribution < -0.4 is 10.6 Å². The van der Waals surface area contributed by atoms with Gasteiger partial charge in [0.1, 0.15) is 0 Å². The normalized spacial score (nSPS) is 10.5. The van der Waals surface area contributed by atoms with Gasteiger partial charge in [0.05, 0.1) is 13.2 Å². The Bertz CT molecular complexity index is 172. The number of carbonyl (C=O) groups excluding carboxylic acids is 1. The Kier molecular flexibility index (Phi) is 10.1. The molecule has 0 aromatic carbocycles. The van der Waals surface area contributed by atoms with Crippen LogP contribution in [0, 0.1) is 0 Å². The molecule has 0 rings (SSSR count). The molecule has 0 aliphatic rings. The molecule has 96 valence electrons. The zero-order valence-electron chi connectivity index (χ0n) is 10.2. The first-order valence-corrected chi connectivity index (χ1v) is 5.48. The number of carbonyl (C=O) groups is 1. The molecule has 0 aromatic heterocycles. The fourth-order valence-corrected chi connectivity index (χ4v) is 1.04. The Morgan fingerprint density at radius 2 is 1.81 bits per heavy atom. The first-order chi connectivity index (χ1) is 7.74. The summed E-state index contributed by atoms with van der Waals surface area (Å²) in [6.45, 7) is 6.18. The van der Waals surface area contributed by atoms with E-state index in [4.69, 9.17) is 14.2 Å². The summed E-state index contributed by atoms with van der Waals surface area (Å²) in [7, 11) is 1.58. The lowest BCUT2D eigenvalue weighted by atomic mass is 10.6. The van der Waals surface area contributed by atoms with Crippen molar-refractivity contribution in [2.75, 3.05) is 40.0 Å². The van der Waals surface area contributed by atoms with E-state index in [1.807, 2.05) is 13.8 Å². The smallest absolute Gasteiger partial charge is 0.315 e. The minimum atomic E-state index is -0.386. The second-order valence-corrected chi connectivity index (χ2v) is 2.97. The summed E-state index contributed by atoms with van der Waals surface area (Å²) in [6.07, 6.45) is -0.386. The Morgan fingerprint density at radius 3 is 2.31 bits per heavy atom. The SMILES string of the molecule is CCOC(CNC(=O)NCCOC)OCC. The molecule has 0 saturated carbocycles. The Hall–Kier alpha value is -0.850.